The van der Waals surface area contributed by atoms with Crippen LogP contribution < -0.4 is 10.1 Å². The first kappa shape index (κ1) is 10.5. The van der Waals surface area contributed by atoms with Crippen molar-refractivity contribution >= 4 is 5.69 Å². The summed E-state index contributed by atoms with van der Waals surface area (Å²) in [4.78, 5) is 4.18. The minimum atomic E-state index is 0.614. The fourth-order valence-electron chi connectivity index (χ4n) is 1.33. The average Bonchev–Trinajstić information content (AvgIpc) is 2.33. The van der Waals surface area contributed by atoms with Crippen molar-refractivity contribution in [2.24, 2.45) is 0 Å². The molecular formula is C13H14N2O. The Morgan fingerprint density at radius 2 is 1.81 bits per heavy atom. The summed E-state index contributed by atoms with van der Waals surface area (Å²) in [6, 6.07) is 11.6. The minimum Gasteiger partial charge on any atom is -0.439 e. The summed E-state index contributed by atoms with van der Waals surface area (Å²) in [6.45, 7) is 2.00. The normalized spacial score (nSPS) is 9.88. The van der Waals surface area contributed by atoms with E-state index in [2.05, 4.69) is 10.3 Å². The summed E-state index contributed by atoms with van der Waals surface area (Å²) < 4.78 is 5.59. The van der Waals surface area contributed by atoms with Crippen molar-refractivity contribution in [3.05, 3.63) is 48.2 Å². The molecule has 2 rings (SSSR count). The van der Waals surface area contributed by atoms with Crippen LogP contribution in [0.1, 0.15) is 5.56 Å². The molecular weight excluding hydrogens is 200 g/mol. The first-order valence-corrected chi connectivity index (χ1v) is 5.16. The zero-order chi connectivity index (χ0) is 11.4. The zero-order valence-corrected chi connectivity index (χ0v) is 9.40. The molecule has 0 aliphatic heterocycles. The van der Waals surface area contributed by atoms with Crippen LogP contribution in [0.4, 0.5) is 5.69 Å². The Balaban J connectivity index is 2.11. The fourth-order valence-corrected chi connectivity index (χ4v) is 1.33. The first-order valence-electron chi connectivity index (χ1n) is 5.16. The maximum Gasteiger partial charge on any atom is 0.219 e. The van der Waals surface area contributed by atoms with Gasteiger partial charge in [0.05, 0.1) is 0 Å². The lowest BCUT2D eigenvalue weighted by atomic mass is 10.3. The molecule has 0 bridgehead atoms. The third-order valence-electron chi connectivity index (χ3n) is 2.25. The lowest BCUT2D eigenvalue weighted by Gasteiger charge is -2.05. The van der Waals surface area contributed by atoms with Crippen LogP contribution in [0.2, 0.25) is 0 Å². The molecule has 0 spiro atoms. The Morgan fingerprint density at radius 1 is 1.06 bits per heavy atom. The predicted molar refractivity (Wildman–Crippen MR) is 65.0 cm³/mol. The van der Waals surface area contributed by atoms with Crippen molar-refractivity contribution < 1.29 is 4.74 Å². The van der Waals surface area contributed by atoms with E-state index in [1.807, 2.05) is 50.4 Å². The smallest absolute Gasteiger partial charge is 0.219 e. The Labute approximate surface area is 95.1 Å². The summed E-state index contributed by atoms with van der Waals surface area (Å²) in [5, 5.41) is 3.05. The number of hydrogen-bond acceptors (Lipinski definition) is 3. The second-order valence-corrected chi connectivity index (χ2v) is 3.55. The second-order valence-electron chi connectivity index (χ2n) is 3.55. The van der Waals surface area contributed by atoms with Crippen molar-refractivity contribution in [3.63, 3.8) is 0 Å². The van der Waals surface area contributed by atoms with Gasteiger partial charge in [0, 0.05) is 25.0 Å². The summed E-state index contributed by atoms with van der Waals surface area (Å²) in [7, 11) is 1.89. The molecule has 0 saturated heterocycles. The highest BCUT2D eigenvalue weighted by molar-refractivity contribution is 5.46. The van der Waals surface area contributed by atoms with E-state index in [-0.39, 0.29) is 0 Å². The van der Waals surface area contributed by atoms with E-state index in [9.17, 15) is 0 Å². The van der Waals surface area contributed by atoms with Gasteiger partial charge in [-0.2, -0.15) is 0 Å². The fraction of sp³-hybridized carbons (Fsp3) is 0.154. The number of aryl methyl sites for hydroxylation is 1. The SMILES string of the molecule is CNc1ccc(Oc2ccc(C)cn2)cc1. The third-order valence-corrected chi connectivity index (χ3v) is 2.25. The molecule has 0 fully saturated rings. The molecule has 0 saturated carbocycles. The largest absolute Gasteiger partial charge is 0.439 e. The number of anilines is 1. The summed E-state index contributed by atoms with van der Waals surface area (Å²) >= 11 is 0. The highest BCUT2D eigenvalue weighted by Gasteiger charge is 1.97. The lowest BCUT2D eigenvalue weighted by Crippen LogP contribution is -1.89. The van der Waals surface area contributed by atoms with Crippen LogP contribution >= 0.6 is 0 Å². The van der Waals surface area contributed by atoms with E-state index in [0.29, 0.717) is 5.88 Å². The Bertz CT molecular complexity index is 448. The van der Waals surface area contributed by atoms with Gasteiger partial charge in [0.25, 0.3) is 0 Å². The van der Waals surface area contributed by atoms with Crippen molar-refractivity contribution in [2.75, 3.05) is 12.4 Å². The Hall–Kier alpha value is -2.03. The molecule has 16 heavy (non-hydrogen) atoms. The molecule has 0 aliphatic carbocycles. The molecule has 0 atom stereocenters. The Morgan fingerprint density at radius 3 is 2.38 bits per heavy atom. The maximum atomic E-state index is 5.59. The number of pyridine rings is 1. The van der Waals surface area contributed by atoms with E-state index in [4.69, 9.17) is 4.74 Å². The summed E-state index contributed by atoms with van der Waals surface area (Å²) in [5.41, 5.74) is 2.18. The topological polar surface area (TPSA) is 34.1 Å². The van der Waals surface area contributed by atoms with Crippen LogP contribution in [-0.2, 0) is 0 Å². The molecule has 0 radical (unpaired) electrons. The van der Waals surface area contributed by atoms with Crippen LogP contribution in [0.25, 0.3) is 0 Å². The molecule has 0 amide bonds. The number of nitrogens with zero attached hydrogens (tertiary/aromatic N) is 1. The molecule has 3 nitrogen and oxygen atoms in total. The van der Waals surface area contributed by atoms with Gasteiger partial charge >= 0.3 is 0 Å². The van der Waals surface area contributed by atoms with Gasteiger partial charge in [-0.3, -0.25) is 0 Å². The highest BCUT2D eigenvalue weighted by atomic mass is 16.5. The van der Waals surface area contributed by atoms with Gasteiger partial charge < -0.3 is 10.1 Å². The minimum absolute atomic E-state index is 0.614. The molecule has 2 aromatic rings. The number of rotatable bonds is 3. The number of hydrogen-bond donors (Lipinski definition) is 1. The second kappa shape index (κ2) is 4.66. The van der Waals surface area contributed by atoms with Crippen LogP contribution in [0.3, 0.4) is 0 Å². The van der Waals surface area contributed by atoms with Gasteiger partial charge in [-0.1, -0.05) is 6.07 Å². The van der Waals surface area contributed by atoms with Crippen LogP contribution in [-0.4, -0.2) is 12.0 Å². The number of aromatic nitrogens is 1. The van der Waals surface area contributed by atoms with E-state index in [1.165, 1.54) is 0 Å². The molecule has 3 heteroatoms. The quantitative estimate of drug-likeness (QED) is 0.851. The van der Waals surface area contributed by atoms with E-state index < -0.39 is 0 Å². The molecule has 1 aromatic carbocycles. The molecule has 0 aliphatic rings. The molecule has 1 heterocycles. The monoisotopic (exact) mass is 214 g/mol. The van der Waals surface area contributed by atoms with Crippen LogP contribution in [0.5, 0.6) is 11.6 Å². The highest BCUT2D eigenvalue weighted by Crippen LogP contribution is 2.21. The average molecular weight is 214 g/mol. The van der Waals surface area contributed by atoms with Gasteiger partial charge in [-0.25, -0.2) is 4.98 Å². The van der Waals surface area contributed by atoms with Gasteiger partial charge in [0.2, 0.25) is 5.88 Å². The first-order chi connectivity index (χ1) is 7.78. The molecule has 82 valence electrons. The van der Waals surface area contributed by atoms with Crippen molar-refractivity contribution in [1.82, 2.24) is 4.98 Å². The van der Waals surface area contributed by atoms with Gasteiger partial charge in [0.15, 0.2) is 0 Å². The number of benzene rings is 1. The van der Waals surface area contributed by atoms with Gasteiger partial charge in [-0.15, -0.1) is 0 Å². The lowest BCUT2D eigenvalue weighted by molar-refractivity contribution is 0.463. The standard InChI is InChI=1S/C13H14N2O/c1-10-3-8-13(15-9-10)16-12-6-4-11(14-2)5-7-12/h3-9,14H,1-2H3. The maximum absolute atomic E-state index is 5.59. The van der Waals surface area contributed by atoms with Crippen molar-refractivity contribution in [3.8, 4) is 11.6 Å². The Kier molecular flexibility index (Phi) is 3.05. The van der Waals surface area contributed by atoms with Crippen molar-refractivity contribution in [1.29, 1.82) is 0 Å². The predicted octanol–water partition coefficient (Wildman–Crippen LogP) is 3.22. The molecule has 1 N–H and O–H groups in total. The van der Waals surface area contributed by atoms with Gasteiger partial charge in [-0.05, 0) is 36.8 Å². The summed E-state index contributed by atoms with van der Waals surface area (Å²) in [6.07, 6.45) is 1.79. The zero-order valence-electron chi connectivity index (χ0n) is 9.40. The van der Waals surface area contributed by atoms with E-state index in [1.54, 1.807) is 6.20 Å². The number of ether oxygens (including phenoxy) is 1. The van der Waals surface area contributed by atoms with E-state index >= 15 is 0 Å². The van der Waals surface area contributed by atoms with Gasteiger partial charge in [0.1, 0.15) is 5.75 Å². The van der Waals surface area contributed by atoms with Crippen molar-refractivity contribution in [2.45, 2.75) is 6.92 Å². The van der Waals surface area contributed by atoms with E-state index in [0.717, 1.165) is 17.0 Å². The third kappa shape index (κ3) is 2.51. The number of nitrogens with one attached hydrogen (secondary N) is 1. The summed E-state index contributed by atoms with van der Waals surface area (Å²) in [5.74, 6) is 1.40. The molecule has 0 unspecified atom stereocenters. The molecule has 1 aromatic heterocycles. The van der Waals surface area contributed by atoms with Crippen LogP contribution in [0.15, 0.2) is 42.6 Å². The van der Waals surface area contributed by atoms with Crippen LogP contribution in [0, 0.1) is 6.92 Å².